The van der Waals surface area contributed by atoms with Crippen LogP contribution in [0.5, 0.6) is 0 Å². The highest BCUT2D eigenvalue weighted by Gasteiger charge is 2.50. The molecule has 0 radical (unpaired) electrons. The van der Waals surface area contributed by atoms with Gasteiger partial charge in [0, 0.05) is 19.4 Å². The van der Waals surface area contributed by atoms with Gasteiger partial charge in [0.15, 0.2) is 0 Å². The Morgan fingerprint density at radius 1 is 1.42 bits per heavy atom. The van der Waals surface area contributed by atoms with Gasteiger partial charge in [-0.15, -0.1) is 0 Å². The van der Waals surface area contributed by atoms with Gasteiger partial charge >= 0.3 is 0 Å². The lowest BCUT2D eigenvalue weighted by Gasteiger charge is -2.51. The summed E-state index contributed by atoms with van der Waals surface area (Å²) in [4.78, 5) is 0. The first-order valence-electron chi connectivity index (χ1n) is 5.08. The molecule has 0 heterocycles. The van der Waals surface area contributed by atoms with Crippen molar-refractivity contribution in [2.24, 2.45) is 5.92 Å². The Balaban J connectivity index is 1.77. The maximum Gasteiger partial charge on any atom is 0.0725 e. The maximum absolute atomic E-state index is 10.0. The minimum absolute atomic E-state index is 0.335. The van der Waals surface area contributed by atoms with Gasteiger partial charge in [0.1, 0.15) is 0 Å². The van der Waals surface area contributed by atoms with E-state index in [1.54, 1.807) is 0 Å². The van der Waals surface area contributed by atoms with Gasteiger partial charge in [-0.1, -0.05) is 6.42 Å². The second kappa shape index (κ2) is 3.00. The van der Waals surface area contributed by atoms with Crippen molar-refractivity contribution in [1.82, 2.24) is 0 Å². The van der Waals surface area contributed by atoms with E-state index in [-0.39, 0.29) is 5.60 Å². The smallest absolute Gasteiger partial charge is 0.0725 e. The van der Waals surface area contributed by atoms with Gasteiger partial charge in [-0.25, -0.2) is 0 Å². The van der Waals surface area contributed by atoms with Crippen LogP contribution in [0.3, 0.4) is 0 Å². The second-order valence-electron chi connectivity index (χ2n) is 4.22. The summed E-state index contributed by atoms with van der Waals surface area (Å²) >= 11 is 0. The molecule has 2 saturated carbocycles. The van der Waals surface area contributed by atoms with E-state index in [1.807, 2.05) is 6.92 Å². The van der Waals surface area contributed by atoms with Crippen LogP contribution in [-0.2, 0) is 4.74 Å². The highest BCUT2D eigenvalue weighted by molar-refractivity contribution is 5.02. The van der Waals surface area contributed by atoms with Crippen molar-refractivity contribution in [3.8, 4) is 0 Å². The van der Waals surface area contributed by atoms with Crippen molar-refractivity contribution >= 4 is 0 Å². The normalized spacial score (nSPS) is 42.0. The molecule has 1 N–H and O–H groups in total. The Morgan fingerprint density at radius 2 is 2.08 bits per heavy atom. The van der Waals surface area contributed by atoms with Crippen molar-refractivity contribution in [2.75, 3.05) is 6.61 Å². The lowest BCUT2D eigenvalue weighted by molar-refractivity contribution is -0.180. The van der Waals surface area contributed by atoms with Crippen molar-refractivity contribution < 1.29 is 9.84 Å². The zero-order chi connectivity index (χ0) is 8.60. The third-order valence-electron chi connectivity index (χ3n) is 3.43. The summed E-state index contributed by atoms with van der Waals surface area (Å²) < 4.78 is 5.43. The summed E-state index contributed by atoms with van der Waals surface area (Å²) in [6, 6.07) is 0. The minimum atomic E-state index is -0.335. The molecular weight excluding hydrogens is 152 g/mol. The molecule has 0 aromatic carbocycles. The fourth-order valence-corrected chi connectivity index (χ4v) is 2.36. The molecule has 2 heteroatoms. The molecule has 0 aromatic rings. The molecule has 70 valence electrons. The van der Waals surface area contributed by atoms with E-state index in [2.05, 4.69) is 0 Å². The Hall–Kier alpha value is -0.0800. The van der Waals surface area contributed by atoms with Crippen LogP contribution in [0.25, 0.3) is 0 Å². The van der Waals surface area contributed by atoms with Crippen molar-refractivity contribution in [3.63, 3.8) is 0 Å². The summed E-state index contributed by atoms with van der Waals surface area (Å²) in [7, 11) is 0. The van der Waals surface area contributed by atoms with Crippen LogP contribution >= 0.6 is 0 Å². The van der Waals surface area contributed by atoms with Crippen LogP contribution in [0, 0.1) is 5.92 Å². The largest absolute Gasteiger partial charge is 0.389 e. The van der Waals surface area contributed by atoms with E-state index in [4.69, 9.17) is 4.74 Å². The fourth-order valence-electron chi connectivity index (χ4n) is 2.36. The van der Waals surface area contributed by atoms with E-state index in [0.717, 1.165) is 19.4 Å². The lowest BCUT2D eigenvalue weighted by Crippen LogP contribution is -2.55. The molecule has 2 aliphatic carbocycles. The Labute approximate surface area is 73.9 Å². The number of rotatable bonds is 3. The van der Waals surface area contributed by atoms with Crippen molar-refractivity contribution in [2.45, 2.75) is 50.7 Å². The first-order chi connectivity index (χ1) is 5.74. The molecule has 0 unspecified atom stereocenters. The Morgan fingerprint density at radius 3 is 2.50 bits per heavy atom. The van der Waals surface area contributed by atoms with E-state index in [0.29, 0.717) is 12.0 Å². The zero-order valence-corrected chi connectivity index (χ0v) is 7.75. The zero-order valence-electron chi connectivity index (χ0n) is 7.75. The van der Waals surface area contributed by atoms with E-state index >= 15 is 0 Å². The third kappa shape index (κ3) is 1.27. The topological polar surface area (TPSA) is 29.5 Å². The predicted molar refractivity (Wildman–Crippen MR) is 46.9 cm³/mol. The molecule has 2 nitrogen and oxygen atoms in total. The molecular formula is C10H18O2. The maximum atomic E-state index is 10.0. The Kier molecular flexibility index (Phi) is 2.13. The Bertz CT molecular complexity index is 157. The monoisotopic (exact) mass is 170 g/mol. The van der Waals surface area contributed by atoms with E-state index in [1.165, 1.54) is 19.3 Å². The first kappa shape index (κ1) is 8.52. The molecule has 12 heavy (non-hydrogen) atoms. The fraction of sp³-hybridized carbons (Fsp3) is 1.00. The third-order valence-corrected chi connectivity index (χ3v) is 3.43. The summed E-state index contributed by atoms with van der Waals surface area (Å²) in [6.45, 7) is 2.80. The molecule has 2 rings (SSSR count). The van der Waals surface area contributed by atoms with Gasteiger partial charge < -0.3 is 9.84 Å². The lowest BCUT2D eigenvalue weighted by atomic mass is 9.62. The molecule has 0 atom stereocenters. The summed E-state index contributed by atoms with van der Waals surface area (Å²) in [5, 5.41) is 10.0. The van der Waals surface area contributed by atoms with Crippen LogP contribution in [0.4, 0.5) is 0 Å². The second-order valence-corrected chi connectivity index (χ2v) is 4.22. The molecule has 0 amide bonds. The van der Waals surface area contributed by atoms with E-state index in [9.17, 15) is 5.11 Å². The molecule has 0 aliphatic heterocycles. The minimum Gasteiger partial charge on any atom is -0.389 e. The number of aliphatic hydroxyl groups is 1. The standard InChI is InChI=1S/C10H18O2/c1-2-12-9-6-10(11,7-9)8-4-3-5-8/h8-9,11H,2-7H2,1H3. The van der Waals surface area contributed by atoms with E-state index < -0.39 is 0 Å². The quantitative estimate of drug-likeness (QED) is 0.698. The average Bonchev–Trinajstić information content (AvgIpc) is 1.80. The van der Waals surface area contributed by atoms with Crippen LogP contribution in [0.15, 0.2) is 0 Å². The van der Waals surface area contributed by atoms with Crippen molar-refractivity contribution in [3.05, 3.63) is 0 Å². The number of hydrogen-bond acceptors (Lipinski definition) is 2. The van der Waals surface area contributed by atoms with Gasteiger partial charge in [-0.2, -0.15) is 0 Å². The average molecular weight is 170 g/mol. The molecule has 0 aromatic heterocycles. The van der Waals surface area contributed by atoms with Crippen molar-refractivity contribution in [1.29, 1.82) is 0 Å². The number of ether oxygens (including phenoxy) is 1. The summed E-state index contributed by atoms with van der Waals surface area (Å²) in [5.41, 5.74) is -0.335. The molecule has 0 bridgehead atoms. The highest BCUT2D eigenvalue weighted by atomic mass is 16.5. The van der Waals surface area contributed by atoms with Gasteiger partial charge in [-0.3, -0.25) is 0 Å². The van der Waals surface area contributed by atoms with Crippen LogP contribution in [0.1, 0.15) is 39.0 Å². The van der Waals surface area contributed by atoms with Crippen LogP contribution < -0.4 is 0 Å². The van der Waals surface area contributed by atoms with Gasteiger partial charge in [0.05, 0.1) is 11.7 Å². The molecule has 0 spiro atoms. The first-order valence-corrected chi connectivity index (χ1v) is 5.08. The molecule has 0 saturated heterocycles. The predicted octanol–water partition coefficient (Wildman–Crippen LogP) is 1.72. The summed E-state index contributed by atoms with van der Waals surface area (Å²) in [5.74, 6) is 0.592. The van der Waals surface area contributed by atoms with Crippen LogP contribution in [-0.4, -0.2) is 23.4 Å². The van der Waals surface area contributed by atoms with Gasteiger partial charge in [0.25, 0.3) is 0 Å². The summed E-state index contributed by atoms with van der Waals surface area (Å²) in [6.07, 6.45) is 5.88. The van der Waals surface area contributed by atoms with Gasteiger partial charge in [-0.05, 0) is 25.7 Å². The van der Waals surface area contributed by atoms with Crippen LogP contribution in [0.2, 0.25) is 0 Å². The number of hydrogen-bond donors (Lipinski definition) is 1. The molecule has 2 fully saturated rings. The highest BCUT2D eigenvalue weighted by Crippen LogP contribution is 2.48. The SMILES string of the molecule is CCOC1CC(O)(C2CCC2)C1. The van der Waals surface area contributed by atoms with Gasteiger partial charge in [0.2, 0.25) is 0 Å². The molecule has 2 aliphatic rings.